The van der Waals surface area contributed by atoms with E-state index in [0.29, 0.717) is 23.3 Å². The fourth-order valence-corrected chi connectivity index (χ4v) is 3.61. The molecule has 1 saturated heterocycles. The van der Waals surface area contributed by atoms with Gasteiger partial charge in [0.25, 0.3) is 5.91 Å². The Kier molecular flexibility index (Phi) is 4.48. The van der Waals surface area contributed by atoms with Crippen molar-refractivity contribution in [3.63, 3.8) is 0 Å². The molecule has 3 aliphatic rings. The van der Waals surface area contributed by atoms with Crippen LogP contribution in [-0.2, 0) is 0 Å². The van der Waals surface area contributed by atoms with E-state index in [9.17, 15) is 4.79 Å². The van der Waals surface area contributed by atoms with Crippen molar-refractivity contribution >= 4 is 23.2 Å². The van der Waals surface area contributed by atoms with Gasteiger partial charge in [0.15, 0.2) is 6.73 Å². The van der Waals surface area contributed by atoms with Crippen LogP contribution in [0.4, 0.5) is 17.3 Å². The molecule has 1 aromatic carbocycles. The normalized spacial score (nSPS) is 19.2. The first-order valence-corrected chi connectivity index (χ1v) is 9.88. The second-order valence-corrected chi connectivity index (χ2v) is 7.57. The molecule has 0 radical (unpaired) electrons. The molecule has 1 saturated carbocycles. The third kappa shape index (κ3) is 3.60. The van der Waals surface area contributed by atoms with Gasteiger partial charge in [-0.05, 0) is 43.0 Å². The molecule has 2 aliphatic heterocycles. The summed E-state index contributed by atoms with van der Waals surface area (Å²) in [5.74, 6) is 1.37. The standard InChI is InChI=1S/C20H24N6O2/c27-19-17-11-22-20(24-18(17)28-13-26(19)12-14-1-2-14)23-15-3-5-16(6-4-15)25-9-7-21-8-10-25/h3-6,11,14,21H,1-2,7-10,12-13H2,(H,22,23,24). The molecule has 0 spiro atoms. The van der Waals surface area contributed by atoms with Crippen LogP contribution in [0.1, 0.15) is 23.2 Å². The fourth-order valence-electron chi connectivity index (χ4n) is 3.61. The first-order valence-electron chi connectivity index (χ1n) is 9.88. The van der Waals surface area contributed by atoms with Crippen LogP contribution in [0.5, 0.6) is 5.88 Å². The van der Waals surface area contributed by atoms with Gasteiger partial charge in [0.1, 0.15) is 5.56 Å². The summed E-state index contributed by atoms with van der Waals surface area (Å²) in [7, 11) is 0. The number of rotatable bonds is 5. The predicted octanol–water partition coefficient (Wildman–Crippen LogP) is 1.83. The maximum Gasteiger partial charge on any atom is 0.263 e. The molecule has 3 heterocycles. The van der Waals surface area contributed by atoms with Crippen LogP contribution in [0, 0.1) is 5.92 Å². The Hall–Kier alpha value is -2.87. The molecular weight excluding hydrogens is 356 g/mol. The summed E-state index contributed by atoms with van der Waals surface area (Å²) in [6.07, 6.45) is 3.95. The summed E-state index contributed by atoms with van der Waals surface area (Å²) in [6.45, 7) is 5.09. The first kappa shape index (κ1) is 17.2. The number of carbonyl (C=O) groups excluding carboxylic acids is 1. The maximum absolute atomic E-state index is 12.6. The Morgan fingerprint density at radius 1 is 1.18 bits per heavy atom. The number of aromatic nitrogens is 2. The van der Waals surface area contributed by atoms with Crippen molar-refractivity contribution in [1.29, 1.82) is 0 Å². The minimum Gasteiger partial charge on any atom is -0.455 e. The number of piperazine rings is 1. The Balaban J connectivity index is 1.26. The molecule has 0 atom stereocenters. The van der Waals surface area contributed by atoms with Gasteiger partial charge in [0.05, 0.1) is 0 Å². The van der Waals surface area contributed by atoms with Crippen molar-refractivity contribution in [2.24, 2.45) is 5.92 Å². The predicted molar refractivity (Wildman–Crippen MR) is 106 cm³/mol. The van der Waals surface area contributed by atoms with Gasteiger partial charge in [0, 0.05) is 50.3 Å². The fraction of sp³-hybridized carbons (Fsp3) is 0.450. The van der Waals surface area contributed by atoms with E-state index in [-0.39, 0.29) is 12.6 Å². The number of fused-ring (bicyclic) bond motifs is 1. The molecule has 8 nitrogen and oxygen atoms in total. The lowest BCUT2D eigenvalue weighted by atomic mass is 10.2. The van der Waals surface area contributed by atoms with Crippen molar-refractivity contribution in [3.8, 4) is 5.88 Å². The number of hydrogen-bond donors (Lipinski definition) is 2. The molecular formula is C20H24N6O2. The second-order valence-electron chi connectivity index (χ2n) is 7.57. The van der Waals surface area contributed by atoms with Gasteiger partial charge >= 0.3 is 0 Å². The highest BCUT2D eigenvalue weighted by Gasteiger charge is 2.32. The zero-order valence-electron chi connectivity index (χ0n) is 15.7. The summed E-state index contributed by atoms with van der Waals surface area (Å²) < 4.78 is 5.71. The minimum absolute atomic E-state index is 0.0416. The van der Waals surface area contributed by atoms with E-state index in [1.165, 1.54) is 18.5 Å². The summed E-state index contributed by atoms with van der Waals surface area (Å²) in [6, 6.07) is 8.23. The maximum atomic E-state index is 12.6. The second kappa shape index (κ2) is 7.27. The van der Waals surface area contributed by atoms with Crippen LogP contribution >= 0.6 is 0 Å². The Morgan fingerprint density at radius 3 is 2.71 bits per heavy atom. The number of benzene rings is 1. The van der Waals surface area contributed by atoms with Crippen molar-refractivity contribution in [2.75, 3.05) is 49.7 Å². The number of nitrogens with one attached hydrogen (secondary N) is 2. The van der Waals surface area contributed by atoms with Gasteiger partial charge in [-0.15, -0.1) is 0 Å². The highest BCUT2D eigenvalue weighted by atomic mass is 16.5. The molecule has 1 amide bonds. The SMILES string of the molecule is O=C1c2cnc(Nc3ccc(N4CCNCC4)cc3)nc2OCN1CC1CC1. The number of carbonyl (C=O) groups is 1. The molecule has 2 aromatic rings. The molecule has 2 fully saturated rings. The van der Waals surface area contributed by atoms with Gasteiger partial charge in [-0.1, -0.05) is 0 Å². The average Bonchev–Trinajstić information content (AvgIpc) is 3.56. The van der Waals surface area contributed by atoms with Crippen LogP contribution in [0.2, 0.25) is 0 Å². The number of anilines is 3. The molecule has 2 N–H and O–H groups in total. The van der Waals surface area contributed by atoms with Crippen LogP contribution in [0.15, 0.2) is 30.5 Å². The zero-order chi connectivity index (χ0) is 18.9. The smallest absolute Gasteiger partial charge is 0.263 e. The zero-order valence-corrected chi connectivity index (χ0v) is 15.7. The van der Waals surface area contributed by atoms with E-state index < -0.39 is 0 Å². The highest BCUT2D eigenvalue weighted by molar-refractivity contribution is 5.97. The summed E-state index contributed by atoms with van der Waals surface area (Å²) >= 11 is 0. The summed E-state index contributed by atoms with van der Waals surface area (Å²) in [5, 5.41) is 6.56. The van der Waals surface area contributed by atoms with E-state index in [2.05, 4.69) is 37.6 Å². The van der Waals surface area contributed by atoms with Crippen molar-refractivity contribution in [2.45, 2.75) is 12.8 Å². The van der Waals surface area contributed by atoms with Crippen LogP contribution in [0.25, 0.3) is 0 Å². The lowest BCUT2D eigenvalue weighted by Gasteiger charge is -2.29. The Morgan fingerprint density at radius 2 is 1.96 bits per heavy atom. The van der Waals surface area contributed by atoms with E-state index in [4.69, 9.17) is 4.74 Å². The molecule has 1 aliphatic carbocycles. The van der Waals surface area contributed by atoms with Gasteiger partial charge < -0.3 is 25.2 Å². The molecule has 0 unspecified atom stereocenters. The monoisotopic (exact) mass is 380 g/mol. The van der Waals surface area contributed by atoms with Crippen molar-refractivity contribution in [1.82, 2.24) is 20.2 Å². The Bertz CT molecular complexity index is 861. The number of nitrogens with zero attached hydrogens (tertiary/aromatic N) is 4. The lowest BCUT2D eigenvalue weighted by Crippen LogP contribution is -2.43. The van der Waals surface area contributed by atoms with Crippen molar-refractivity contribution in [3.05, 3.63) is 36.0 Å². The molecule has 1 aromatic heterocycles. The average molecular weight is 380 g/mol. The molecule has 146 valence electrons. The summed E-state index contributed by atoms with van der Waals surface area (Å²) in [4.78, 5) is 25.4. The van der Waals surface area contributed by atoms with E-state index in [1.54, 1.807) is 11.1 Å². The lowest BCUT2D eigenvalue weighted by molar-refractivity contribution is 0.0494. The van der Waals surface area contributed by atoms with E-state index >= 15 is 0 Å². The number of ether oxygens (including phenoxy) is 1. The van der Waals surface area contributed by atoms with E-state index in [0.717, 1.165) is 38.4 Å². The topological polar surface area (TPSA) is 82.6 Å². The van der Waals surface area contributed by atoms with Gasteiger partial charge in [-0.3, -0.25) is 4.79 Å². The van der Waals surface area contributed by atoms with Gasteiger partial charge in [-0.2, -0.15) is 4.98 Å². The molecule has 8 heteroatoms. The molecule has 0 bridgehead atoms. The third-order valence-electron chi connectivity index (χ3n) is 5.41. The minimum atomic E-state index is -0.0416. The van der Waals surface area contributed by atoms with Crippen molar-refractivity contribution < 1.29 is 9.53 Å². The number of hydrogen-bond acceptors (Lipinski definition) is 7. The van der Waals surface area contributed by atoms with Crippen LogP contribution < -0.4 is 20.3 Å². The third-order valence-corrected chi connectivity index (χ3v) is 5.41. The molecule has 28 heavy (non-hydrogen) atoms. The Labute approximate surface area is 163 Å². The highest BCUT2D eigenvalue weighted by Crippen LogP contribution is 2.32. The molecule has 5 rings (SSSR count). The largest absolute Gasteiger partial charge is 0.455 e. The van der Waals surface area contributed by atoms with Gasteiger partial charge in [-0.25, -0.2) is 4.98 Å². The van der Waals surface area contributed by atoms with Crippen LogP contribution in [0.3, 0.4) is 0 Å². The van der Waals surface area contributed by atoms with E-state index in [1.807, 2.05) is 12.1 Å². The number of amides is 1. The van der Waals surface area contributed by atoms with Crippen LogP contribution in [-0.4, -0.2) is 60.2 Å². The summed E-state index contributed by atoms with van der Waals surface area (Å²) in [5.41, 5.74) is 2.55. The first-order chi connectivity index (χ1) is 13.8. The van der Waals surface area contributed by atoms with Gasteiger partial charge in [0.2, 0.25) is 11.8 Å². The quantitative estimate of drug-likeness (QED) is 0.819.